The molecule has 0 saturated heterocycles. The lowest BCUT2D eigenvalue weighted by atomic mass is 9.89. The molecular formula is C23H26ClN5O2S. The lowest BCUT2D eigenvalue weighted by Gasteiger charge is -2.38. The van der Waals surface area contributed by atoms with Gasteiger partial charge in [0, 0.05) is 48.3 Å². The van der Waals surface area contributed by atoms with Crippen LogP contribution in [0.15, 0.2) is 24.5 Å². The number of hydrogen-bond acceptors (Lipinski definition) is 6. The number of anilines is 1. The van der Waals surface area contributed by atoms with Crippen molar-refractivity contribution in [2.45, 2.75) is 57.7 Å². The van der Waals surface area contributed by atoms with Gasteiger partial charge < -0.3 is 4.90 Å². The summed E-state index contributed by atoms with van der Waals surface area (Å²) in [4.78, 5) is 16.1. The van der Waals surface area contributed by atoms with Gasteiger partial charge in [-0.15, -0.1) is 0 Å². The number of halogens is 1. The maximum absolute atomic E-state index is 11.6. The number of aromatic nitrogens is 3. The molecule has 2 atom stereocenters. The summed E-state index contributed by atoms with van der Waals surface area (Å²) in [5.41, 5.74) is 7.67. The first-order valence-electron chi connectivity index (χ1n) is 10.9. The van der Waals surface area contributed by atoms with E-state index in [9.17, 15) is 8.42 Å². The van der Waals surface area contributed by atoms with Crippen molar-refractivity contribution in [3.63, 3.8) is 0 Å². The standard InChI is InChI=1S/C23H26ClN5O2S/c1-14-10-20-18(12-29(14)21-11-22(24)27-19-5-3-4-17(19)21)23(26-13-25-20)15-6-8-16(9-7-15)28-32(2,30)31/h3-4,6,11,13-14,16,28H,5,7-10,12H2,1-2H3/t14-,16?/m1/s1. The minimum absolute atomic E-state index is 0.0590. The third-order valence-electron chi connectivity index (χ3n) is 6.47. The molecule has 0 aromatic carbocycles. The van der Waals surface area contributed by atoms with E-state index in [1.54, 1.807) is 6.33 Å². The highest BCUT2D eigenvalue weighted by Crippen LogP contribution is 2.38. The number of nitrogens with zero attached hydrogens (tertiary/aromatic N) is 4. The van der Waals surface area contributed by atoms with E-state index in [1.165, 1.54) is 11.8 Å². The van der Waals surface area contributed by atoms with Crippen molar-refractivity contribution < 1.29 is 8.42 Å². The van der Waals surface area contributed by atoms with Gasteiger partial charge in [0.25, 0.3) is 0 Å². The van der Waals surface area contributed by atoms with Gasteiger partial charge in [-0.05, 0) is 37.8 Å². The van der Waals surface area contributed by atoms with Crippen LogP contribution >= 0.6 is 11.6 Å². The summed E-state index contributed by atoms with van der Waals surface area (Å²) in [6.07, 6.45) is 13.1. The molecule has 5 rings (SSSR count). The van der Waals surface area contributed by atoms with Crippen molar-refractivity contribution in [1.82, 2.24) is 19.7 Å². The van der Waals surface area contributed by atoms with Crippen LogP contribution in [-0.4, -0.2) is 41.7 Å². The van der Waals surface area contributed by atoms with E-state index in [0.29, 0.717) is 18.1 Å². The topological polar surface area (TPSA) is 88.1 Å². The molecule has 0 spiro atoms. The first-order valence-corrected chi connectivity index (χ1v) is 13.2. The molecule has 3 heterocycles. The lowest BCUT2D eigenvalue weighted by molar-refractivity contribution is 0.528. The summed E-state index contributed by atoms with van der Waals surface area (Å²) in [7, 11) is -3.21. The Morgan fingerprint density at radius 2 is 2.09 bits per heavy atom. The summed E-state index contributed by atoms with van der Waals surface area (Å²) in [6, 6.07) is 2.17. The van der Waals surface area contributed by atoms with Gasteiger partial charge in [0.2, 0.25) is 10.0 Å². The summed E-state index contributed by atoms with van der Waals surface area (Å²) in [6.45, 7) is 2.92. The average Bonchev–Trinajstić information content (AvgIpc) is 3.20. The van der Waals surface area contributed by atoms with Gasteiger partial charge in [-0.3, -0.25) is 0 Å². The van der Waals surface area contributed by atoms with Crippen LogP contribution in [0.2, 0.25) is 5.15 Å². The SMILES string of the molecule is C[C@@H]1Cc2ncnc(C3=CCC(NS(C)(=O)=O)CC3)c2CN1c1cc(Cl)nc2c1C=CC2. The zero-order chi connectivity index (χ0) is 22.5. The molecule has 1 aliphatic heterocycles. The molecule has 0 saturated carbocycles. The van der Waals surface area contributed by atoms with E-state index in [-0.39, 0.29) is 12.1 Å². The normalized spacial score (nSPS) is 22.5. The van der Waals surface area contributed by atoms with Gasteiger partial charge in [-0.25, -0.2) is 28.1 Å². The molecule has 0 radical (unpaired) electrons. The van der Waals surface area contributed by atoms with E-state index in [2.05, 4.69) is 49.7 Å². The molecule has 1 N–H and O–H groups in total. The zero-order valence-electron chi connectivity index (χ0n) is 18.2. The minimum atomic E-state index is -3.21. The van der Waals surface area contributed by atoms with Crippen LogP contribution in [0.4, 0.5) is 5.69 Å². The average molecular weight is 472 g/mol. The van der Waals surface area contributed by atoms with Crippen molar-refractivity contribution in [3.05, 3.63) is 57.9 Å². The van der Waals surface area contributed by atoms with Gasteiger partial charge >= 0.3 is 0 Å². The van der Waals surface area contributed by atoms with Crippen molar-refractivity contribution in [3.8, 4) is 0 Å². The molecule has 9 heteroatoms. The Labute approximate surface area is 193 Å². The summed E-state index contributed by atoms with van der Waals surface area (Å²) >= 11 is 6.36. The molecule has 0 amide bonds. The van der Waals surface area contributed by atoms with E-state index in [1.807, 2.05) is 6.07 Å². The fourth-order valence-electron chi connectivity index (χ4n) is 4.99. The first kappa shape index (κ1) is 21.6. The van der Waals surface area contributed by atoms with Gasteiger partial charge in [0.05, 0.1) is 23.3 Å². The third kappa shape index (κ3) is 4.19. The fourth-order valence-corrected chi connectivity index (χ4v) is 6.01. The Hall–Kier alpha value is -2.29. The number of pyridine rings is 1. The van der Waals surface area contributed by atoms with E-state index in [4.69, 9.17) is 11.6 Å². The van der Waals surface area contributed by atoms with Crippen molar-refractivity contribution in [2.24, 2.45) is 0 Å². The molecule has 1 unspecified atom stereocenters. The molecule has 32 heavy (non-hydrogen) atoms. The molecular weight excluding hydrogens is 446 g/mol. The summed E-state index contributed by atoms with van der Waals surface area (Å²) < 4.78 is 25.9. The predicted molar refractivity (Wildman–Crippen MR) is 127 cm³/mol. The van der Waals surface area contributed by atoms with Gasteiger partial charge in [-0.1, -0.05) is 29.8 Å². The highest BCUT2D eigenvalue weighted by molar-refractivity contribution is 7.88. The van der Waals surface area contributed by atoms with Gasteiger partial charge in [0.15, 0.2) is 0 Å². The van der Waals surface area contributed by atoms with Crippen molar-refractivity contribution >= 4 is 39.0 Å². The van der Waals surface area contributed by atoms with Gasteiger partial charge in [0.1, 0.15) is 11.5 Å². The predicted octanol–water partition coefficient (Wildman–Crippen LogP) is 3.53. The zero-order valence-corrected chi connectivity index (χ0v) is 19.7. The van der Waals surface area contributed by atoms with Crippen LogP contribution in [0.3, 0.4) is 0 Å². The molecule has 3 aliphatic rings. The second kappa shape index (κ2) is 8.24. The number of hydrogen-bond donors (Lipinski definition) is 1. The Balaban J connectivity index is 1.47. The second-order valence-corrected chi connectivity index (χ2v) is 11.0. The Bertz CT molecular complexity index is 1240. The van der Waals surface area contributed by atoms with E-state index < -0.39 is 10.0 Å². The maximum Gasteiger partial charge on any atom is 0.208 e. The van der Waals surface area contributed by atoms with Crippen molar-refractivity contribution in [1.29, 1.82) is 0 Å². The Kier molecular flexibility index (Phi) is 5.55. The number of sulfonamides is 1. The van der Waals surface area contributed by atoms with Crippen LogP contribution in [0.5, 0.6) is 0 Å². The molecule has 2 aliphatic carbocycles. The van der Waals surface area contributed by atoms with Crippen LogP contribution in [0.1, 0.15) is 54.4 Å². The van der Waals surface area contributed by atoms with E-state index in [0.717, 1.165) is 59.6 Å². The highest BCUT2D eigenvalue weighted by Gasteiger charge is 2.31. The smallest absolute Gasteiger partial charge is 0.208 e. The minimum Gasteiger partial charge on any atom is -0.363 e. The number of nitrogens with one attached hydrogen (secondary N) is 1. The monoisotopic (exact) mass is 471 g/mol. The third-order valence-corrected chi connectivity index (χ3v) is 7.42. The molecule has 0 bridgehead atoms. The highest BCUT2D eigenvalue weighted by atomic mass is 35.5. The number of fused-ring (bicyclic) bond motifs is 2. The first-order chi connectivity index (χ1) is 15.3. The van der Waals surface area contributed by atoms with Crippen LogP contribution in [0.25, 0.3) is 11.6 Å². The molecule has 2 aromatic heterocycles. The Morgan fingerprint density at radius 1 is 1.25 bits per heavy atom. The Morgan fingerprint density at radius 3 is 2.84 bits per heavy atom. The maximum atomic E-state index is 11.6. The summed E-state index contributed by atoms with van der Waals surface area (Å²) in [5, 5.41) is 0.518. The van der Waals surface area contributed by atoms with Crippen LogP contribution in [-0.2, 0) is 29.4 Å². The molecule has 2 aromatic rings. The number of rotatable bonds is 4. The quantitative estimate of drug-likeness (QED) is 0.686. The second-order valence-electron chi connectivity index (χ2n) is 8.85. The lowest BCUT2D eigenvalue weighted by Crippen LogP contribution is -2.40. The van der Waals surface area contributed by atoms with Crippen molar-refractivity contribution in [2.75, 3.05) is 11.2 Å². The molecule has 7 nitrogen and oxygen atoms in total. The molecule has 168 valence electrons. The number of allylic oxidation sites excluding steroid dienone is 2. The van der Waals surface area contributed by atoms with Gasteiger partial charge in [-0.2, -0.15) is 0 Å². The van der Waals surface area contributed by atoms with E-state index >= 15 is 0 Å². The molecule has 0 fully saturated rings. The van der Waals surface area contributed by atoms with Crippen LogP contribution in [0, 0.1) is 0 Å². The largest absolute Gasteiger partial charge is 0.363 e. The van der Waals surface area contributed by atoms with Crippen LogP contribution < -0.4 is 9.62 Å². The fraction of sp³-hybridized carbons (Fsp3) is 0.435. The summed E-state index contributed by atoms with van der Waals surface area (Å²) in [5.74, 6) is 0.